The lowest BCUT2D eigenvalue weighted by Crippen LogP contribution is -2.37. The van der Waals surface area contributed by atoms with E-state index in [9.17, 15) is 13.2 Å². The van der Waals surface area contributed by atoms with Crippen molar-refractivity contribution in [1.29, 1.82) is 0 Å². The van der Waals surface area contributed by atoms with Crippen LogP contribution in [0.4, 0.5) is 11.4 Å². The highest BCUT2D eigenvalue weighted by Crippen LogP contribution is 2.32. The van der Waals surface area contributed by atoms with E-state index in [0.717, 1.165) is 36.9 Å². The van der Waals surface area contributed by atoms with Crippen molar-refractivity contribution in [2.45, 2.75) is 46.0 Å². The molecule has 1 N–H and O–H groups in total. The van der Waals surface area contributed by atoms with Crippen molar-refractivity contribution in [3.05, 3.63) is 59.2 Å². The van der Waals surface area contributed by atoms with E-state index in [1.165, 1.54) is 9.87 Å². The maximum atomic E-state index is 12.5. The first-order chi connectivity index (χ1) is 13.4. The first-order valence-corrected chi connectivity index (χ1v) is 11.6. The molecule has 0 atom stereocenters. The fraction of sp³-hybridized carbons (Fsp3) is 0.409. The molecule has 6 heteroatoms. The standard InChI is InChI=1S/C22H28N2O3S/c1-3-6-17-8-10-18(11-9-17)22(25)23-20-12-13-21-19(16-20)7-5-14-24(21)28(26,27)15-4-2/h8-13,16H,3-7,14-15H2,1-2H3,(H,23,25). The average Bonchev–Trinajstić information content (AvgIpc) is 2.68. The molecule has 1 aliphatic rings. The summed E-state index contributed by atoms with van der Waals surface area (Å²) in [7, 11) is -3.29. The van der Waals surface area contributed by atoms with Gasteiger partial charge in [-0.25, -0.2) is 8.42 Å². The predicted molar refractivity (Wildman–Crippen MR) is 115 cm³/mol. The van der Waals surface area contributed by atoms with Crippen LogP contribution in [-0.2, 0) is 22.9 Å². The van der Waals surface area contributed by atoms with Crippen LogP contribution in [0.1, 0.15) is 54.6 Å². The summed E-state index contributed by atoms with van der Waals surface area (Å²) in [6.07, 6.45) is 4.27. The number of carbonyl (C=O) groups excluding carboxylic acids is 1. The van der Waals surface area contributed by atoms with Gasteiger partial charge in [0.15, 0.2) is 0 Å². The summed E-state index contributed by atoms with van der Waals surface area (Å²) >= 11 is 0. The first kappa shape index (κ1) is 20.4. The summed E-state index contributed by atoms with van der Waals surface area (Å²) in [5.74, 6) is -0.00634. The van der Waals surface area contributed by atoms with Gasteiger partial charge in [0.1, 0.15) is 0 Å². The van der Waals surface area contributed by atoms with Crippen LogP contribution in [0.5, 0.6) is 0 Å². The van der Waals surface area contributed by atoms with Crippen LogP contribution in [0.15, 0.2) is 42.5 Å². The second kappa shape index (κ2) is 8.78. The number of hydrogen-bond donors (Lipinski definition) is 1. The van der Waals surface area contributed by atoms with Crippen molar-refractivity contribution < 1.29 is 13.2 Å². The summed E-state index contributed by atoms with van der Waals surface area (Å²) in [5, 5.41) is 2.93. The van der Waals surface area contributed by atoms with Crippen molar-refractivity contribution >= 4 is 27.3 Å². The number of nitrogens with zero attached hydrogens (tertiary/aromatic N) is 1. The van der Waals surface area contributed by atoms with Crippen molar-refractivity contribution in [3.8, 4) is 0 Å². The number of sulfonamides is 1. The van der Waals surface area contributed by atoms with Crippen LogP contribution >= 0.6 is 0 Å². The van der Waals surface area contributed by atoms with Crippen LogP contribution in [-0.4, -0.2) is 26.6 Å². The lowest BCUT2D eigenvalue weighted by molar-refractivity contribution is 0.102. The second-order valence-electron chi connectivity index (χ2n) is 7.24. The molecule has 0 fully saturated rings. The molecule has 1 amide bonds. The minimum absolute atomic E-state index is 0.152. The molecule has 0 bridgehead atoms. The number of carbonyl (C=O) groups is 1. The normalized spacial score (nSPS) is 13.9. The fourth-order valence-electron chi connectivity index (χ4n) is 3.61. The molecule has 2 aromatic carbocycles. The van der Waals surface area contributed by atoms with E-state index >= 15 is 0 Å². The Morgan fingerprint density at radius 3 is 2.50 bits per heavy atom. The Morgan fingerprint density at radius 2 is 1.82 bits per heavy atom. The molecule has 0 unspecified atom stereocenters. The van der Waals surface area contributed by atoms with E-state index < -0.39 is 10.0 Å². The second-order valence-corrected chi connectivity index (χ2v) is 9.25. The summed E-state index contributed by atoms with van der Waals surface area (Å²) in [6, 6.07) is 13.1. The summed E-state index contributed by atoms with van der Waals surface area (Å²) < 4.78 is 26.6. The Labute approximate surface area is 167 Å². The molecule has 1 heterocycles. The Hall–Kier alpha value is -2.34. The van der Waals surface area contributed by atoms with Crippen LogP contribution in [0.2, 0.25) is 0 Å². The van der Waals surface area contributed by atoms with Gasteiger partial charge in [0.2, 0.25) is 10.0 Å². The zero-order valence-electron chi connectivity index (χ0n) is 16.6. The van der Waals surface area contributed by atoms with Gasteiger partial charge < -0.3 is 5.32 Å². The molecule has 0 saturated heterocycles. The van der Waals surface area contributed by atoms with Gasteiger partial charge in [-0.2, -0.15) is 0 Å². The minimum atomic E-state index is -3.29. The molecular formula is C22H28N2O3S. The molecular weight excluding hydrogens is 372 g/mol. The van der Waals surface area contributed by atoms with Gasteiger partial charge in [-0.05, 0) is 67.1 Å². The zero-order chi connectivity index (χ0) is 20.1. The van der Waals surface area contributed by atoms with Crippen molar-refractivity contribution in [2.75, 3.05) is 21.9 Å². The molecule has 1 aliphatic heterocycles. The molecule has 28 heavy (non-hydrogen) atoms. The summed E-state index contributed by atoms with van der Waals surface area (Å²) in [4.78, 5) is 12.5. The Morgan fingerprint density at radius 1 is 1.07 bits per heavy atom. The largest absolute Gasteiger partial charge is 0.322 e. The average molecular weight is 401 g/mol. The molecule has 0 saturated carbocycles. The Balaban J connectivity index is 1.77. The monoisotopic (exact) mass is 400 g/mol. The van der Waals surface area contributed by atoms with E-state index in [2.05, 4.69) is 12.2 Å². The maximum Gasteiger partial charge on any atom is 0.255 e. The fourth-order valence-corrected chi connectivity index (χ4v) is 5.23. The number of rotatable bonds is 7. The van der Waals surface area contributed by atoms with E-state index in [0.29, 0.717) is 24.2 Å². The number of amides is 1. The number of anilines is 2. The molecule has 0 radical (unpaired) electrons. The van der Waals surface area contributed by atoms with Crippen LogP contribution < -0.4 is 9.62 Å². The van der Waals surface area contributed by atoms with Crippen molar-refractivity contribution in [1.82, 2.24) is 0 Å². The molecule has 0 aromatic heterocycles. The highest BCUT2D eigenvalue weighted by Gasteiger charge is 2.26. The lowest BCUT2D eigenvalue weighted by Gasteiger charge is -2.30. The lowest BCUT2D eigenvalue weighted by atomic mass is 10.0. The van der Waals surface area contributed by atoms with Gasteiger partial charge >= 0.3 is 0 Å². The van der Waals surface area contributed by atoms with Crippen molar-refractivity contribution in [2.24, 2.45) is 0 Å². The topological polar surface area (TPSA) is 66.5 Å². The van der Waals surface area contributed by atoms with E-state index in [4.69, 9.17) is 0 Å². The smallest absolute Gasteiger partial charge is 0.255 e. The van der Waals surface area contributed by atoms with Gasteiger partial charge in [-0.1, -0.05) is 32.4 Å². The van der Waals surface area contributed by atoms with Crippen LogP contribution in [0.3, 0.4) is 0 Å². The van der Waals surface area contributed by atoms with E-state index in [1.54, 1.807) is 6.07 Å². The number of nitrogens with one attached hydrogen (secondary N) is 1. The highest BCUT2D eigenvalue weighted by molar-refractivity contribution is 7.92. The zero-order valence-corrected chi connectivity index (χ0v) is 17.4. The molecule has 3 rings (SSSR count). The molecule has 150 valence electrons. The van der Waals surface area contributed by atoms with Gasteiger partial charge in [-0.15, -0.1) is 0 Å². The minimum Gasteiger partial charge on any atom is -0.322 e. The highest BCUT2D eigenvalue weighted by atomic mass is 32.2. The summed E-state index contributed by atoms with van der Waals surface area (Å²) in [5.41, 5.74) is 4.23. The Bertz CT molecular complexity index is 937. The third-order valence-corrected chi connectivity index (χ3v) is 6.94. The number of aryl methyl sites for hydroxylation is 2. The molecule has 2 aromatic rings. The van der Waals surface area contributed by atoms with Gasteiger partial charge in [0.25, 0.3) is 5.91 Å². The van der Waals surface area contributed by atoms with E-state index in [-0.39, 0.29) is 11.7 Å². The predicted octanol–water partition coefficient (Wildman–Crippen LogP) is 4.38. The third kappa shape index (κ3) is 4.55. The van der Waals surface area contributed by atoms with E-state index in [1.807, 2.05) is 43.3 Å². The summed E-state index contributed by atoms with van der Waals surface area (Å²) in [6.45, 7) is 4.52. The molecule has 0 aliphatic carbocycles. The van der Waals surface area contributed by atoms with Crippen molar-refractivity contribution in [3.63, 3.8) is 0 Å². The van der Waals surface area contributed by atoms with Gasteiger partial charge in [0.05, 0.1) is 11.4 Å². The molecule has 5 nitrogen and oxygen atoms in total. The third-order valence-electron chi connectivity index (χ3n) is 4.97. The first-order valence-electron chi connectivity index (χ1n) is 9.98. The Kier molecular flexibility index (Phi) is 6.39. The number of fused-ring (bicyclic) bond motifs is 1. The van der Waals surface area contributed by atoms with Gasteiger partial charge in [-0.3, -0.25) is 9.10 Å². The number of benzene rings is 2. The quantitative estimate of drug-likeness (QED) is 0.750. The van der Waals surface area contributed by atoms with Crippen LogP contribution in [0.25, 0.3) is 0 Å². The molecule has 0 spiro atoms. The number of hydrogen-bond acceptors (Lipinski definition) is 3. The SMILES string of the molecule is CCCc1ccc(C(=O)Nc2ccc3c(c2)CCCN3S(=O)(=O)CCC)cc1. The van der Waals surface area contributed by atoms with Gasteiger partial charge in [0, 0.05) is 17.8 Å². The van der Waals surface area contributed by atoms with Crippen LogP contribution in [0, 0.1) is 0 Å². The maximum absolute atomic E-state index is 12.5.